The second-order valence-electron chi connectivity index (χ2n) is 5.85. The van der Waals surface area contributed by atoms with Crippen LogP contribution in [0.5, 0.6) is 0 Å². The molecule has 0 aliphatic rings. The molecule has 0 radical (unpaired) electrons. The van der Waals surface area contributed by atoms with Gasteiger partial charge in [-0.15, -0.1) is 12.4 Å². The van der Waals surface area contributed by atoms with Gasteiger partial charge in [-0.25, -0.2) is 0 Å². The van der Waals surface area contributed by atoms with E-state index in [4.69, 9.17) is 4.42 Å². The molecule has 1 unspecified atom stereocenters. The van der Waals surface area contributed by atoms with Crippen molar-refractivity contribution in [3.8, 4) is 0 Å². The molecule has 0 saturated heterocycles. The van der Waals surface area contributed by atoms with Crippen LogP contribution in [0.3, 0.4) is 0 Å². The zero-order valence-electron chi connectivity index (χ0n) is 15.4. The minimum Gasteiger partial charge on any atom is -0.464 e. The van der Waals surface area contributed by atoms with Gasteiger partial charge in [-0.1, -0.05) is 6.92 Å². The highest BCUT2D eigenvalue weighted by atomic mass is 35.5. The maximum absolute atomic E-state index is 10.7. The largest absolute Gasteiger partial charge is 0.464 e. The third-order valence-electron chi connectivity index (χ3n) is 3.30. The van der Waals surface area contributed by atoms with Crippen molar-refractivity contribution >= 4 is 24.2 Å². The SMILES string of the molecule is CCC(CO)NC(=C[N+](=O)[O-])NCCSCc1ccc(CN(C)C)o1.Cl. The number of hydrogen-bond donors (Lipinski definition) is 3. The average molecular weight is 409 g/mol. The Morgan fingerprint density at radius 3 is 2.73 bits per heavy atom. The zero-order chi connectivity index (χ0) is 18.7. The smallest absolute Gasteiger partial charge is 0.274 e. The molecule has 1 heterocycles. The van der Waals surface area contributed by atoms with Crippen molar-refractivity contribution in [1.82, 2.24) is 15.5 Å². The van der Waals surface area contributed by atoms with E-state index >= 15 is 0 Å². The van der Waals surface area contributed by atoms with Gasteiger partial charge in [0.15, 0.2) is 5.82 Å². The third-order valence-corrected chi connectivity index (χ3v) is 4.28. The summed E-state index contributed by atoms with van der Waals surface area (Å²) < 4.78 is 5.73. The first kappa shape index (κ1) is 24.6. The summed E-state index contributed by atoms with van der Waals surface area (Å²) in [6.07, 6.45) is 1.57. The maximum Gasteiger partial charge on any atom is 0.274 e. The van der Waals surface area contributed by atoms with E-state index in [2.05, 4.69) is 10.6 Å². The summed E-state index contributed by atoms with van der Waals surface area (Å²) in [6, 6.07) is 3.76. The molecule has 8 nitrogen and oxygen atoms in total. The second-order valence-corrected chi connectivity index (χ2v) is 6.95. The minimum absolute atomic E-state index is 0. The van der Waals surface area contributed by atoms with E-state index in [9.17, 15) is 15.2 Å². The number of nitro groups is 1. The summed E-state index contributed by atoms with van der Waals surface area (Å²) in [6.45, 7) is 3.18. The molecule has 0 spiro atoms. The summed E-state index contributed by atoms with van der Waals surface area (Å²) >= 11 is 1.69. The van der Waals surface area contributed by atoms with Crippen molar-refractivity contribution in [2.75, 3.05) is 33.0 Å². The number of nitrogens with one attached hydrogen (secondary N) is 2. The number of aliphatic hydroxyl groups excluding tert-OH is 1. The molecule has 0 aliphatic carbocycles. The van der Waals surface area contributed by atoms with E-state index in [1.807, 2.05) is 38.1 Å². The van der Waals surface area contributed by atoms with Crippen LogP contribution in [0, 0.1) is 10.1 Å². The molecule has 0 aliphatic heterocycles. The van der Waals surface area contributed by atoms with E-state index in [1.54, 1.807) is 11.8 Å². The Morgan fingerprint density at radius 1 is 1.46 bits per heavy atom. The maximum atomic E-state index is 10.7. The average Bonchev–Trinajstić information content (AvgIpc) is 2.97. The molecule has 1 atom stereocenters. The van der Waals surface area contributed by atoms with Gasteiger partial charge in [0.2, 0.25) is 0 Å². The third kappa shape index (κ3) is 10.5. The van der Waals surface area contributed by atoms with E-state index in [0.29, 0.717) is 18.8 Å². The Balaban J connectivity index is 0.00000625. The minimum atomic E-state index is -0.512. The van der Waals surface area contributed by atoms with Crippen LogP contribution in [0.2, 0.25) is 0 Å². The second kappa shape index (κ2) is 13.7. The van der Waals surface area contributed by atoms with Crippen LogP contribution in [0.4, 0.5) is 0 Å². The summed E-state index contributed by atoms with van der Waals surface area (Å²) in [4.78, 5) is 12.2. The summed E-state index contributed by atoms with van der Waals surface area (Å²) in [5.41, 5.74) is 0. The fourth-order valence-corrected chi connectivity index (χ4v) is 2.81. The number of nitrogens with zero attached hydrogens (tertiary/aromatic N) is 2. The lowest BCUT2D eigenvalue weighted by molar-refractivity contribution is -0.404. The van der Waals surface area contributed by atoms with Crippen LogP contribution >= 0.6 is 24.2 Å². The molecule has 0 aromatic carbocycles. The zero-order valence-corrected chi connectivity index (χ0v) is 17.1. The Hall–Kier alpha value is -1.42. The Bertz CT molecular complexity index is 550. The quantitative estimate of drug-likeness (QED) is 0.259. The number of rotatable bonds is 13. The van der Waals surface area contributed by atoms with Crippen LogP contribution in [0.25, 0.3) is 0 Å². The topological polar surface area (TPSA) is 104 Å². The highest BCUT2D eigenvalue weighted by Crippen LogP contribution is 2.16. The van der Waals surface area contributed by atoms with Crippen LogP contribution in [0.15, 0.2) is 28.6 Å². The highest BCUT2D eigenvalue weighted by Gasteiger charge is 2.09. The van der Waals surface area contributed by atoms with Crippen LogP contribution in [0.1, 0.15) is 24.9 Å². The lowest BCUT2D eigenvalue weighted by atomic mass is 10.2. The number of hydrogen-bond acceptors (Lipinski definition) is 8. The van der Waals surface area contributed by atoms with Gasteiger partial charge < -0.3 is 25.1 Å². The van der Waals surface area contributed by atoms with Gasteiger partial charge in [-0.2, -0.15) is 11.8 Å². The van der Waals surface area contributed by atoms with Crippen LogP contribution in [-0.4, -0.2) is 54.0 Å². The molecule has 1 aromatic rings. The van der Waals surface area contributed by atoms with Crippen molar-refractivity contribution < 1.29 is 14.4 Å². The molecular formula is C16H29ClN4O4S. The standard InChI is InChI=1S/C16H28N4O4S.ClH/c1-4-13(11-21)18-16(10-20(22)23)17-7-8-25-12-15-6-5-14(24-15)9-19(2)3;/h5-6,10,13,17-18,21H,4,7-9,11-12H2,1-3H3;1H. The summed E-state index contributed by atoms with van der Waals surface area (Å²) in [7, 11) is 3.99. The van der Waals surface area contributed by atoms with Gasteiger partial charge in [0.25, 0.3) is 6.20 Å². The molecule has 0 bridgehead atoms. The van der Waals surface area contributed by atoms with E-state index in [1.165, 1.54) is 0 Å². The van der Waals surface area contributed by atoms with Gasteiger partial charge in [0.1, 0.15) is 11.5 Å². The van der Waals surface area contributed by atoms with Crippen LogP contribution < -0.4 is 10.6 Å². The van der Waals surface area contributed by atoms with Crippen molar-refractivity contribution in [2.45, 2.75) is 31.7 Å². The fourth-order valence-electron chi connectivity index (χ4n) is 2.06. The van der Waals surface area contributed by atoms with Crippen molar-refractivity contribution in [3.05, 3.63) is 45.8 Å². The molecule has 3 N–H and O–H groups in total. The number of halogens is 1. The lowest BCUT2D eigenvalue weighted by Crippen LogP contribution is -2.38. The Kier molecular flexibility index (Phi) is 13.0. The molecule has 1 aromatic heterocycles. The fraction of sp³-hybridized carbons (Fsp3) is 0.625. The molecule has 0 saturated carbocycles. The first-order valence-corrected chi connectivity index (χ1v) is 9.36. The van der Waals surface area contributed by atoms with Gasteiger partial charge in [0, 0.05) is 12.3 Å². The monoisotopic (exact) mass is 408 g/mol. The first-order valence-electron chi connectivity index (χ1n) is 8.21. The number of furan rings is 1. The van der Waals surface area contributed by atoms with E-state index in [0.717, 1.165) is 35.8 Å². The van der Waals surface area contributed by atoms with Crippen molar-refractivity contribution in [2.24, 2.45) is 0 Å². The van der Waals surface area contributed by atoms with E-state index < -0.39 is 4.92 Å². The highest BCUT2D eigenvalue weighted by molar-refractivity contribution is 7.98. The molecular weight excluding hydrogens is 380 g/mol. The van der Waals surface area contributed by atoms with E-state index in [-0.39, 0.29) is 25.1 Å². The van der Waals surface area contributed by atoms with Crippen LogP contribution in [-0.2, 0) is 12.3 Å². The normalized spacial score (nSPS) is 12.6. The van der Waals surface area contributed by atoms with Crippen molar-refractivity contribution in [3.63, 3.8) is 0 Å². The Morgan fingerprint density at radius 2 is 2.15 bits per heavy atom. The van der Waals surface area contributed by atoms with Gasteiger partial charge >= 0.3 is 0 Å². The molecule has 1 rings (SSSR count). The molecule has 26 heavy (non-hydrogen) atoms. The molecule has 0 fully saturated rings. The van der Waals surface area contributed by atoms with Gasteiger partial charge in [-0.3, -0.25) is 10.1 Å². The number of thioether (sulfide) groups is 1. The number of aliphatic hydroxyl groups is 1. The predicted octanol–water partition coefficient (Wildman–Crippen LogP) is 2.02. The van der Waals surface area contributed by atoms with Gasteiger partial charge in [-0.05, 0) is 32.6 Å². The molecule has 150 valence electrons. The summed E-state index contributed by atoms with van der Waals surface area (Å²) in [5.74, 6) is 3.71. The Labute approximate surface area is 164 Å². The van der Waals surface area contributed by atoms with Crippen molar-refractivity contribution in [1.29, 1.82) is 0 Å². The first-order chi connectivity index (χ1) is 11.9. The lowest BCUT2D eigenvalue weighted by Gasteiger charge is -2.17. The molecule has 10 heteroatoms. The summed E-state index contributed by atoms with van der Waals surface area (Å²) in [5, 5.41) is 25.8. The predicted molar refractivity (Wildman–Crippen MR) is 107 cm³/mol. The molecule has 0 amide bonds. The van der Waals surface area contributed by atoms with Gasteiger partial charge in [0.05, 0.1) is 29.9 Å².